The van der Waals surface area contributed by atoms with Gasteiger partial charge in [-0.25, -0.2) is 4.79 Å². The smallest absolute Gasteiger partial charge is 0.349 e. The van der Waals surface area contributed by atoms with Crippen LogP contribution in [0.4, 0.5) is 0 Å². The molecule has 0 aliphatic carbocycles. The highest BCUT2D eigenvalue weighted by Gasteiger charge is 2.31. The molecule has 0 heterocycles. The van der Waals surface area contributed by atoms with E-state index in [2.05, 4.69) is 0 Å². The minimum absolute atomic E-state index is 0.203. The van der Waals surface area contributed by atoms with Crippen LogP contribution in [0, 0.1) is 0 Å². The minimum Gasteiger partial charge on any atom is -0.508 e. The summed E-state index contributed by atoms with van der Waals surface area (Å²) in [6.07, 6.45) is 0. The molecule has 4 nitrogen and oxygen atoms in total. The third-order valence-corrected chi connectivity index (χ3v) is 3.06. The van der Waals surface area contributed by atoms with Crippen molar-refractivity contribution in [2.75, 3.05) is 7.11 Å². The Morgan fingerprint density at radius 3 is 2.29 bits per heavy atom. The van der Waals surface area contributed by atoms with Gasteiger partial charge in [0, 0.05) is 0 Å². The maximum atomic E-state index is 11.7. The summed E-state index contributed by atoms with van der Waals surface area (Å²) in [6.45, 7) is 3.31. The van der Waals surface area contributed by atoms with E-state index in [4.69, 9.17) is 9.47 Å². The maximum absolute atomic E-state index is 11.7. The molecule has 0 saturated heterocycles. The summed E-state index contributed by atoms with van der Waals surface area (Å²) in [4.78, 5) is 11.7. The van der Waals surface area contributed by atoms with E-state index in [1.54, 1.807) is 38.1 Å². The minimum atomic E-state index is -1.06. The number of carbonyl (C=O) groups excluding carboxylic acids is 1. The van der Waals surface area contributed by atoms with E-state index in [9.17, 15) is 9.90 Å². The Morgan fingerprint density at radius 1 is 1.05 bits per heavy atom. The number of phenols is 1. The van der Waals surface area contributed by atoms with Gasteiger partial charge in [0.25, 0.3) is 0 Å². The van der Waals surface area contributed by atoms with Crippen molar-refractivity contribution in [2.24, 2.45) is 0 Å². The van der Waals surface area contributed by atoms with Crippen molar-refractivity contribution in [1.82, 2.24) is 0 Å². The average Bonchev–Trinajstić information content (AvgIpc) is 2.46. The van der Waals surface area contributed by atoms with Gasteiger partial charge in [0.15, 0.2) is 5.60 Å². The molecule has 21 heavy (non-hydrogen) atoms. The predicted octanol–water partition coefficient (Wildman–Crippen LogP) is 3.39. The molecule has 0 aliphatic rings. The van der Waals surface area contributed by atoms with Crippen molar-refractivity contribution in [2.45, 2.75) is 19.4 Å². The lowest BCUT2D eigenvalue weighted by molar-refractivity contribution is -0.156. The zero-order chi connectivity index (χ0) is 15.5. The molecule has 0 fully saturated rings. The lowest BCUT2D eigenvalue weighted by atomic mass is 10.0. The molecule has 0 amide bonds. The summed E-state index contributed by atoms with van der Waals surface area (Å²) in [5.74, 6) is 0.324. The Kier molecular flexibility index (Phi) is 4.17. The number of methoxy groups -OCH3 is 1. The molecule has 0 bridgehead atoms. The Labute approximate surface area is 123 Å². The zero-order valence-electron chi connectivity index (χ0n) is 12.3. The molecule has 0 radical (unpaired) electrons. The molecule has 0 atom stereocenters. The standard InChI is InChI=1S/C17H18O4/c1-17(2,16(19)20-3)21-15-9-5-7-13(11-15)12-6-4-8-14(18)10-12/h4-11,18H,1-3H3. The molecule has 110 valence electrons. The number of aromatic hydroxyl groups is 1. The lowest BCUT2D eigenvalue weighted by Crippen LogP contribution is -2.39. The van der Waals surface area contributed by atoms with Crippen molar-refractivity contribution in [3.05, 3.63) is 48.5 Å². The first-order chi connectivity index (χ1) is 9.92. The van der Waals surface area contributed by atoms with Gasteiger partial charge in [0.2, 0.25) is 0 Å². The zero-order valence-corrected chi connectivity index (χ0v) is 12.3. The first-order valence-electron chi connectivity index (χ1n) is 6.59. The summed E-state index contributed by atoms with van der Waals surface area (Å²) in [7, 11) is 1.33. The van der Waals surface area contributed by atoms with E-state index in [-0.39, 0.29) is 5.75 Å². The summed E-state index contributed by atoms with van der Waals surface area (Å²) < 4.78 is 10.4. The number of phenolic OH excluding ortho intramolecular Hbond substituents is 1. The normalized spacial score (nSPS) is 11.0. The van der Waals surface area contributed by atoms with Crippen LogP contribution < -0.4 is 4.74 Å². The van der Waals surface area contributed by atoms with E-state index in [0.29, 0.717) is 5.75 Å². The number of hydrogen-bond acceptors (Lipinski definition) is 4. The fourth-order valence-electron chi connectivity index (χ4n) is 2.01. The van der Waals surface area contributed by atoms with Gasteiger partial charge in [0.1, 0.15) is 11.5 Å². The number of ether oxygens (including phenoxy) is 2. The van der Waals surface area contributed by atoms with Crippen LogP contribution >= 0.6 is 0 Å². The first-order valence-corrected chi connectivity index (χ1v) is 6.59. The van der Waals surface area contributed by atoms with Crippen LogP contribution in [0.25, 0.3) is 11.1 Å². The molecule has 0 saturated carbocycles. The molecule has 1 N–H and O–H groups in total. The largest absolute Gasteiger partial charge is 0.508 e. The third-order valence-electron chi connectivity index (χ3n) is 3.06. The Hall–Kier alpha value is -2.49. The van der Waals surface area contributed by atoms with Crippen molar-refractivity contribution < 1.29 is 19.4 Å². The molecule has 0 spiro atoms. The predicted molar refractivity (Wildman–Crippen MR) is 80.3 cm³/mol. The van der Waals surface area contributed by atoms with Crippen LogP contribution in [0.3, 0.4) is 0 Å². The maximum Gasteiger partial charge on any atom is 0.349 e. The Bertz CT molecular complexity index is 647. The van der Waals surface area contributed by atoms with Gasteiger partial charge < -0.3 is 14.6 Å². The van der Waals surface area contributed by atoms with Crippen LogP contribution in [0.5, 0.6) is 11.5 Å². The van der Waals surface area contributed by atoms with E-state index in [0.717, 1.165) is 11.1 Å². The number of benzene rings is 2. The Morgan fingerprint density at radius 2 is 1.67 bits per heavy atom. The fourth-order valence-corrected chi connectivity index (χ4v) is 2.01. The fraction of sp³-hybridized carbons (Fsp3) is 0.235. The highest BCUT2D eigenvalue weighted by atomic mass is 16.6. The molecule has 0 unspecified atom stereocenters. The summed E-state index contributed by atoms with van der Waals surface area (Å²) in [6, 6.07) is 14.3. The molecular formula is C17H18O4. The van der Waals surface area contributed by atoms with Gasteiger partial charge in [0.05, 0.1) is 7.11 Å². The van der Waals surface area contributed by atoms with E-state index in [1.807, 2.05) is 24.3 Å². The van der Waals surface area contributed by atoms with Crippen molar-refractivity contribution in [3.8, 4) is 22.6 Å². The average molecular weight is 286 g/mol. The van der Waals surface area contributed by atoms with Crippen molar-refractivity contribution in [3.63, 3.8) is 0 Å². The molecule has 2 rings (SSSR count). The highest BCUT2D eigenvalue weighted by Crippen LogP contribution is 2.28. The number of hydrogen-bond donors (Lipinski definition) is 1. The summed E-state index contributed by atoms with van der Waals surface area (Å²) in [5, 5.41) is 9.54. The second-order valence-electron chi connectivity index (χ2n) is 5.18. The van der Waals surface area contributed by atoms with Crippen molar-refractivity contribution in [1.29, 1.82) is 0 Å². The van der Waals surface area contributed by atoms with Gasteiger partial charge in [-0.2, -0.15) is 0 Å². The molecule has 0 aliphatic heterocycles. The van der Waals surface area contributed by atoms with Crippen LogP contribution in [0.15, 0.2) is 48.5 Å². The molecule has 2 aromatic carbocycles. The SMILES string of the molecule is COC(=O)C(C)(C)Oc1cccc(-c2cccc(O)c2)c1. The van der Waals surface area contributed by atoms with E-state index >= 15 is 0 Å². The van der Waals surface area contributed by atoms with Gasteiger partial charge in [-0.1, -0.05) is 24.3 Å². The third kappa shape index (κ3) is 3.54. The van der Waals surface area contributed by atoms with Gasteiger partial charge in [-0.15, -0.1) is 0 Å². The second kappa shape index (κ2) is 5.87. The van der Waals surface area contributed by atoms with Crippen LogP contribution in [0.2, 0.25) is 0 Å². The number of carbonyl (C=O) groups is 1. The molecular weight excluding hydrogens is 268 g/mol. The summed E-state index contributed by atoms with van der Waals surface area (Å²) >= 11 is 0. The first kappa shape index (κ1) is 14.9. The van der Waals surface area contributed by atoms with Crippen LogP contribution in [0.1, 0.15) is 13.8 Å². The summed E-state index contributed by atoms with van der Waals surface area (Å²) in [5.41, 5.74) is 0.701. The molecule has 0 aromatic heterocycles. The van der Waals surface area contributed by atoms with Gasteiger partial charge in [-0.05, 0) is 49.2 Å². The quantitative estimate of drug-likeness (QED) is 0.875. The monoisotopic (exact) mass is 286 g/mol. The van der Waals surface area contributed by atoms with Gasteiger partial charge in [-0.3, -0.25) is 0 Å². The van der Waals surface area contributed by atoms with Crippen LogP contribution in [-0.2, 0) is 9.53 Å². The lowest BCUT2D eigenvalue weighted by Gasteiger charge is -2.23. The Balaban J connectivity index is 2.28. The number of esters is 1. The van der Waals surface area contributed by atoms with Gasteiger partial charge >= 0.3 is 5.97 Å². The van der Waals surface area contributed by atoms with E-state index < -0.39 is 11.6 Å². The van der Waals surface area contributed by atoms with E-state index in [1.165, 1.54) is 7.11 Å². The number of rotatable bonds is 4. The van der Waals surface area contributed by atoms with Crippen LogP contribution in [-0.4, -0.2) is 23.8 Å². The highest BCUT2D eigenvalue weighted by molar-refractivity contribution is 5.79. The molecule has 2 aromatic rings. The molecule has 4 heteroatoms. The van der Waals surface area contributed by atoms with Crippen molar-refractivity contribution >= 4 is 5.97 Å². The second-order valence-corrected chi connectivity index (χ2v) is 5.18. The topological polar surface area (TPSA) is 55.8 Å².